The number of hydrogen-bond acceptors (Lipinski definition) is 3. The van der Waals surface area contributed by atoms with Gasteiger partial charge in [0.15, 0.2) is 0 Å². The summed E-state index contributed by atoms with van der Waals surface area (Å²) in [5, 5.41) is 9.85. The average molecular weight is 513 g/mol. The molecule has 1 aliphatic rings. The molecular weight excluding hydrogens is 489 g/mol. The van der Waals surface area contributed by atoms with Crippen molar-refractivity contribution in [3.8, 4) is 0 Å². The Balaban J connectivity index is 1.78. The molecule has 1 aliphatic carbocycles. The molecule has 2 amide bonds. The molecule has 0 unspecified atom stereocenters. The van der Waals surface area contributed by atoms with Gasteiger partial charge in [-0.3, -0.25) is 9.59 Å². The molecule has 2 aromatic carbocycles. The van der Waals surface area contributed by atoms with E-state index in [2.05, 4.69) is 31.9 Å². The SMILES string of the molecule is CNCCNC(=O)[C@H](Cc1ccc(Br)cc1)NC(=O)C1(c2ccc(Cl)cc2Cl)CC1. The van der Waals surface area contributed by atoms with Gasteiger partial charge in [0.1, 0.15) is 6.04 Å². The summed E-state index contributed by atoms with van der Waals surface area (Å²) in [6.07, 6.45) is 1.77. The Morgan fingerprint density at radius 3 is 2.40 bits per heavy atom. The van der Waals surface area contributed by atoms with Crippen molar-refractivity contribution in [2.75, 3.05) is 20.1 Å². The smallest absolute Gasteiger partial charge is 0.242 e. The van der Waals surface area contributed by atoms with Crippen LogP contribution >= 0.6 is 39.1 Å². The van der Waals surface area contributed by atoms with Crippen LogP contribution in [0.2, 0.25) is 10.0 Å². The lowest BCUT2D eigenvalue weighted by Gasteiger charge is -2.23. The van der Waals surface area contributed by atoms with Crippen molar-refractivity contribution in [2.24, 2.45) is 0 Å². The van der Waals surface area contributed by atoms with E-state index in [9.17, 15) is 9.59 Å². The van der Waals surface area contributed by atoms with Gasteiger partial charge in [-0.05, 0) is 55.3 Å². The van der Waals surface area contributed by atoms with Crippen LogP contribution in [-0.4, -0.2) is 38.0 Å². The summed E-state index contributed by atoms with van der Waals surface area (Å²) in [4.78, 5) is 26.1. The molecule has 1 fully saturated rings. The van der Waals surface area contributed by atoms with Crippen LogP contribution in [-0.2, 0) is 21.4 Å². The summed E-state index contributed by atoms with van der Waals surface area (Å²) in [5.41, 5.74) is 1.01. The fraction of sp³-hybridized carbons (Fsp3) is 0.364. The number of likely N-dealkylation sites (N-methyl/N-ethyl adjacent to an activating group) is 1. The lowest BCUT2D eigenvalue weighted by atomic mass is 9.94. The lowest BCUT2D eigenvalue weighted by molar-refractivity contribution is -0.130. The van der Waals surface area contributed by atoms with Gasteiger partial charge in [-0.25, -0.2) is 0 Å². The number of halogens is 3. The Kier molecular flexibility index (Phi) is 7.80. The number of nitrogens with one attached hydrogen (secondary N) is 3. The van der Waals surface area contributed by atoms with Crippen LogP contribution in [0.1, 0.15) is 24.0 Å². The molecule has 1 saturated carbocycles. The topological polar surface area (TPSA) is 70.2 Å². The Hall–Kier alpha value is -1.60. The predicted molar refractivity (Wildman–Crippen MR) is 124 cm³/mol. The van der Waals surface area contributed by atoms with Gasteiger partial charge in [0.05, 0.1) is 5.41 Å². The van der Waals surface area contributed by atoms with Crippen molar-refractivity contribution >= 4 is 50.9 Å². The third kappa shape index (κ3) is 5.55. The molecular formula is C22H24BrCl2N3O2. The quantitative estimate of drug-likeness (QED) is 0.447. The average Bonchev–Trinajstić information content (AvgIpc) is 3.51. The third-order valence-electron chi connectivity index (χ3n) is 5.28. The minimum absolute atomic E-state index is 0.183. The monoisotopic (exact) mass is 511 g/mol. The summed E-state index contributed by atoms with van der Waals surface area (Å²) in [6.45, 7) is 1.13. The van der Waals surface area contributed by atoms with E-state index in [-0.39, 0.29) is 11.8 Å². The van der Waals surface area contributed by atoms with Crippen molar-refractivity contribution < 1.29 is 9.59 Å². The molecule has 0 heterocycles. The minimum Gasteiger partial charge on any atom is -0.353 e. The van der Waals surface area contributed by atoms with E-state index in [1.54, 1.807) is 18.2 Å². The maximum Gasteiger partial charge on any atom is 0.242 e. The first-order chi connectivity index (χ1) is 14.4. The van der Waals surface area contributed by atoms with Gasteiger partial charge in [-0.2, -0.15) is 0 Å². The maximum atomic E-state index is 13.3. The molecule has 0 radical (unpaired) electrons. The number of carbonyl (C=O) groups is 2. The van der Waals surface area contributed by atoms with E-state index in [0.29, 0.717) is 42.4 Å². The Labute approximate surface area is 195 Å². The Morgan fingerprint density at radius 2 is 1.80 bits per heavy atom. The number of benzene rings is 2. The summed E-state index contributed by atoms with van der Waals surface area (Å²) < 4.78 is 0.958. The van der Waals surface area contributed by atoms with E-state index in [1.807, 2.05) is 31.3 Å². The van der Waals surface area contributed by atoms with Crippen molar-refractivity contribution in [3.63, 3.8) is 0 Å². The summed E-state index contributed by atoms with van der Waals surface area (Å²) in [7, 11) is 1.82. The fourth-order valence-corrected chi connectivity index (χ4v) is 4.27. The van der Waals surface area contributed by atoms with Gasteiger partial charge >= 0.3 is 0 Å². The van der Waals surface area contributed by atoms with E-state index in [4.69, 9.17) is 23.2 Å². The molecule has 0 saturated heterocycles. The molecule has 1 atom stereocenters. The van der Waals surface area contributed by atoms with Crippen molar-refractivity contribution in [3.05, 3.63) is 68.1 Å². The van der Waals surface area contributed by atoms with Crippen LogP contribution in [0.15, 0.2) is 46.9 Å². The zero-order valence-electron chi connectivity index (χ0n) is 16.6. The van der Waals surface area contributed by atoms with Gasteiger partial charge in [0, 0.05) is 34.0 Å². The van der Waals surface area contributed by atoms with Crippen LogP contribution < -0.4 is 16.0 Å². The highest BCUT2D eigenvalue weighted by Crippen LogP contribution is 2.51. The zero-order chi connectivity index (χ0) is 21.7. The second-order valence-electron chi connectivity index (χ2n) is 7.46. The highest BCUT2D eigenvalue weighted by atomic mass is 79.9. The van der Waals surface area contributed by atoms with Gasteiger partial charge in [-0.1, -0.05) is 57.3 Å². The molecule has 0 aromatic heterocycles. The molecule has 5 nitrogen and oxygen atoms in total. The number of amides is 2. The number of hydrogen-bond donors (Lipinski definition) is 3. The highest BCUT2D eigenvalue weighted by Gasteiger charge is 2.53. The Morgan fingerprint density at radius 1 is 1.10 bits per heavy atom. The predicted octanol–water partition coefficient (Wildman–Crippen LogP) is 3.85. The van der Waals surface area contributed by atoms with E-state index in [0.717, 1.165) is 15.6 Å². The second-order valence-corrected chi connectivity index (χ2v) is 9.22. The minimum atomic E-state index is -0.703. The standard InChI is InChI=1S/C22H24BrCl2N3O2/c1-26-10-11-27-20(29)19(12-14-2-4-15(23)5-3-14)28-21(30)22(8-9-22)17-7-6-16(24)13-18(17)25/h2-7,13,19,26H,8-12H2,1H3,(H,27,29)(H,28,30)/t19-/m0/s1. The lowest BCUT2D eigenvalue weighted by Crippen LogP contribution is -2.51. The zero-order valence-corrected chi connectivity index (χ0v) is 19.7. The summed E-state index contributed by atoms with van der Waals surface area (Å²) >= 11 is 15.8. The van der Waals surface area contributed by atoms with Crippen molar-refractivity contribution in [1.29, 1.82) is 0 Å². The summed E-state index contributed by atoms with van der Waals surface area (Å²) in [6, 6.07) is 12.2. The largest absolute Gasteiger partial charge is 0.353 e. The fourth-order valence-electron chi connectivity index (χ4n) is 3.42. The molecule has 160 valence electrons. The highest BCUT2D eigenvalue weighted by molar-refractivity contribution is 9.10. The van der Waals surface area contributed by atoms with E-state index >= 15 is 0 Å². The molecule has 3 rings (SSSR count). The number of rotatable bonds is 9. The van der Waals surface area contributed by atoms with Crippen LogP contribution in [0.3, 0.4) is 0 Å². The molecule has 8 heteroatoms. The van der Waals surface area contributed by atoms with Crippen molar-refractivity contribution in [1.82, 2.24) is 16.0 Å². The normalized spacial score (nSPS) is 15.3. The molecule has 3 N–H and O–H groups in total. The first-order valence-corrected chi connectivity index (χ1v) is 11.3. The van der Waals surface area contributed by atoms with Crippen LogP contribution in [0.4, 0.5) is 0 Å². The van der Waals surface area contributed by atoms with Crippen molar-refractivity contribution in [2.45, 2.75) is 30.7 Å². The van der Waals surface area contributed by atoms with Crippen LogP contribution in [0, 0.1) is 0 Å². The van der Waals surface area contributed by atoms with Gasteiger partial charge in [0.2, 0.25) is 11.8 Å². The van der Waals surface area contributed by atoms with Gasteiger partial charge in [0.25, 0.3) is 0 Å². The molecule has 30 heavy (non-hydrogen) atoms. The van der Waals surface area contributed by atoms with E-state index in [1.165, 1.54) is 0 Å². The Bertz CT molecular complexity index is 917. The van der Waals surface area contributed by atoms with Gasteiger partial charge < -0.3 is 16.0 Å². The third-order valence-corrected chi connectivity index (χ3v) is 6.36. The van der Waals surface area contributed by atoms with Crippen LogP contribution in [0.25, 0.3) is 0 Å². The first kappa shape index (κ1) is 23.1. The second kappa shape index (κ2) is 10.1. The maximum absolute atomic E-state index is 13.3. The molecule has 2 aromatic rings. The summed E-state index contributed by atoms with van der Waals surface area (Å²) in [5.74, 6) is -0.392. The van der Waals surface area contributed by atoms with Crippen LogP contribution in [0.5, 0.6) is 0 Å². The first-order valence-electron chi connectivity index (χ1n) is 9.79. The molecule has 0 bridgehead atoms. The molecule has 0 aliphatic heterocycles. The molecule has 0 spiro atoms. The number of carbonyl (C=O) groups excluding carboxylic acids is 2. The van der Waals surface area contributed by atoms with E-state index < -0.39 is 11.5 Å². The van der Waals surface area contributed by atoms with Gasteiger partial charge in [-0.15, -0.1) is 0 Å².